The molecule has 1 aromatic carbocycles. The van der Waals surface area contributed by atoms with Crippen LogP contribution in [0, 0.1) is 0 Å². The number of hydrogen-bond donors (Lipinski definition) is 0. The first kappa shape index (κ1) is 14.3. The van der Waals surface area contributed by atoms with Crippen molar-refractivity contribution in [1.82, 2.24) is 0 Å². The van der Waals surface area contributed by atoms with Crippen molar-refractivity contribution in [2.24, 2.45) is 0 Å². The van der Waals surface area contributed by atoms with Gasteiger partial charge in [0, 0.05) is 0 Å². The smallest absolute Gasteiger partial charge is 0.336 e. The van der Waals surface area contributed by atoms with Crippen molar-refractivity contribution in [3.8, 4) is 5.75 Å². The van der Waals surface area contributed by atoms with E-state index in [1.54, 1.807) is 0 Å². The predicted molar refractivity (Wildman–Crippen MR) is 71.8 cm³/mol. The average Bonchev–Trinajstić information content (AvgIpc) is 2.43. The fraction of sp³-hybridized carbons (Fsp3) is 0.400. The summed E-state index contributed by atoms with van der Waals surface area (Å²) in [4.78, 5) is 11.1. The molecule has 0 aliphatic rings. The van der Waals surface area contributed by atoms with Gasteiger partial charge in [0.2, 0.25) is 0 Å². The Kier molecular flexibility index (Phi) is 5.43. The second-order valence-electron chi connectivity index (χ2n) is 4.26. The molecule has 1 rings (SSSR count). The third-order valence-electron chi connectivity index (χ3n) is 2.95. The van der Waals surface area contributed by atoms with Crippen molar-refractivity contribution in [1.29, 1.82) is 0 Å². The Labute approximate surface area is 108 Å². The van der Waals surface area contributed by atoms with Gasteiger partial charge < -0.3 is 9.47 Å². The van der Waals surface area contributed by atoms with E-state index in [1.807, 2.05) is 24.3 Å². The van der Waals surface area contributed by atoms with E-state index in [1.165, 1.54) is 12.7 Å². The normalized spacial score (nSPS) is 11.7. The summed E-state index contributed by atoms with van der Waals surface area (Å²) in [7, 11) is 1.33. The predicted octanol–water partition coefficient (Wildman–Crippen LogP) is 3.31. The molecule has 0 aliphatic heterocycles. The molecule has 0 spiro atoms. The molecule has 0 aromatic heterocycles. The van der Waals surface area contributed by atoms with Gasteiger partial charge in [0.05, 0.1) is 12.7 Å². The van der Waals surface area contributed by atoms with Gasteiger partial charge in [-0.3, -0.25) is 0 Å². The molecule has 0 heterocycles. The molecule has 0 bridgehead atoms. The molecule has 18 heavy (non-hydrogen) atoms. The van der Waals surface area contributed by atoms with Gasteiger partial charge in [-0.25, -0.2) is 4.79 Å². The third kappa shape index (κ3) is 3.91. The molecule has 0 N–H and O–H groups in total. The summed E-state index contributed by atoms with van der Waals surface area (Å²) in [5, 5.41) is 0. The van der Waals surface area contributed by atoms with Crippen LogP contribution in [0.3, 0.4) is 0 Å². The zero-order valence-corrected chi connectivity index (χ0v) is 11.2. The molecule has 3 heteroatoms. The second-order valence-corrected chi connectivity index (χ2v) is 4.26. The molecule has 0 amide bonds. The summed E-state index contributed by atoms with van der Waals surface area (Å²) in [5.74, 6) is 0.836. The zero-order chi connectivity index (χ0) is 13.5. The maximum Gasteiger partial charge on any atom is 0.336 e. The van der Waals surface area contributed by atoms with Crippen molar-refractivity contribution < 1.29 is 14.3 Å². The van der Waals surface area contributed by atoms with Gasteiger partial charge in [-0.05, 0) is 30.0 Å². The van der Waals surface area contributed by atoms with E-state index in [2.05, 4.69) is 25.2 Å². The lowest BCUT2D eigenvalue weighted by Crippen LogP contribution is -2.11. The Morgan fingerprint density at radius 3 is 2.44 bits per heavy atom. The molecular weight excluding hydrogens is 228 g/mol. The monoisotopic (exact) mass is 248 g/mol. The third-order valence-corrected chi connectivity index (χ3v) is 2.95. The first-order valence-corrected chi connectivity index (χ1v) is 6.07. The molecular formula is C15H20O3. The van der Waals surface area contributed by atoms with Crippen LogP contribution >= 0.6 is 0 Å². The maximum atomic E-state index is 11.1. The van der Waals surface area contributed by atoms with Gasteiger partial charge in [0.15, 0.2) is 0 Å². The standard InChI is InChI=1S/C15H20O3/c1-5-11(2)13-6-8-14(9-7-13)18-10-12(3)15(16)17-4/h6-9,11H,3,5,10H2,1-2,4H3. The number of carbonyl (C=O) groups is 1. The van der Waals surface area contributed by atoms with Crippen molar-refractivity contribution in [3.63, 3.8) is 0 Å². The summed E-state index contributed by atoms with van der Waals surface area (Å²) >= 11 is 0. The van der Waals surface area contributed by atoms with E-state index in [9.17, 15) is 4.79 Å². The summed E-state index contributed by atoms with van der Waals surface area (Å²) in [6.07, 6.45) is 1.11. The van der Waals surface area contributed by atoms with Crippen LogP contribution in [-0.4, -0.2) is 19.7 Å². The molecule has 98 valence electrons. The van der Waals surface area contributed by atoms with E-state index in [4.69, 9.17) is 4.74 Å². The Balaban J connectivity index is 2.54. The fourth-order valence-electron chi connectivity index (χ4n) is 1.50. The van der Waals surface area contributed by atoms with Crippen LogP contribution < -0.4 is 4.74 Å². The molecule has 0 aliphatic carbocycles. The van der Waals surface area contributed by atoms with E-state index in [0.717, 1.165) is 12.2 Å². The van der Waals surface area contributed by atoms with Crippen LogP contribution in [0.15, 0.2) is 36.4 Å². The topological polar surface area (TPSA) is 35.5 Å². The van der Waals surface area contributed by atoms with Gasteiger partial charge in [0.1, 0.15) is 12.4 Å². The lowest BCUT2D eigenvalue weighted by Gasteiger charge is -2.11. The highest BCUT2D eigenvalue weighted by molar-refractivity contribution is 5.87. The summed E-state index contributed by atoms with van der Waals surface area (Å²) in [5.41, 5.74) is 1.60. The molecule has 0 saturated heterocycles. The molecule has 1 aromatic rings. The van der Waals surface area contributed by atoms with E-state index in [-0.39, 0.29) is 6.61 Å². The first-order valence-electron chi connectivity index (χ1n) is 6.07. The Morgan fingerprint density at radius 2 is 1.94 bits per heavy atom. The Bertz CT molecular complexity index is 406. The van der Waals surface area contributed by atoms with Crippen molar-refractivity contribution in [2.75, 3.05) is 13.7 Å². The summed E-state index contributed by atoms with van der Waals surface area (Å²) < 4.78 is 10.0. The number of rotatable bonds is 6. The number of ether oxygens (including phenoxy) is 2. The largest absolute Gasteiger partial charge is 0.489 e. The molecule has 0 fully saturated rings. The molecule has 1 atom stereocenters. The Hall–Kier alpha value is -1.77. The van der Waals surface area contributed by atoms with E-state index in [0.29, 0.717) is 11.5 Å². The van der Waals surface area contributed by atoms with Gasteiger partial charge in [-0.1, -0.05) is 32.6 Å². The minimum Gasteiger partial charge on any atom is -0.489 e. The number of esters is 1. The first-order chi connectivity index (χ1) is 8.58. The van der Waals surface area contributed by atoms with Gasteiger partial charge in [-0.15, -0.1) is 0 Å². The number of methoxy groups -OCH3 is 1. The van der Waals surface area contributed by atoms with E-state index < -0.39 is 5.97 Å². The lowest BCUT2D eigenvalue weighted by atomic mass is 9.99. The molecule has 0 saturated carbocycles. The second kappa shape index (κ2) is 6.84. The number of carbonyl (C=O) groups excluding carboxylic acids is 1. The van der Waals surface area contributed by atoms with Gasteiger partial charge >= 0.3 is 5.97 Å². The number of benzene rings is 1. The average molecular weight is 248 g/mol. The Morgan fingerprint density at radius 1 is 1.33 bits per heavy atom. The van der Waals surface area contributed by atoms with Gasteiger partial charge in [0.25, 0.3) is 0 Å². The fourth-order valence-corrected chi connectivity index (χ4v) is 1.50. The zero-order valence-electron chi connectivity index (χ0n) is 11.2. The minimum absolute atomic E-state index is 0.148. The van der Waals surface area contributed by atoms with Crippen LogP contribution in [0.1, 0.15) is 31.7 Å². The van der Waals surface area contributed by atoms with Crippen molar-refractivity contribution >= 4 is 5.97 Å². The molecule has 3 nitrogen and oxygen atoms in total. The van der Waals surface area contributed by atoms with Gasteiger partial charge in [-0.2, -0.15) is 0 Å². The maximum absolute atomic E-state index is 11.1. The highest BCUT2D eigenvalue weighted by Crippen LogP contribution is 2.21. The lowest BCUT2D eigenvalue weighted by molar-refractivity contribution is -0.136. The van der Waals surface area contributed by atoms with Crippen LogP contribution in [-0.2, 0) is 9.53 Å². The van der Waals surface area contributed by atoms with Crippen LogP contribution in [0.4, 0.5) is 0 Å². The quantitative estimate of drug-likeness (QED) is 0.572. The van der Waals surface area contributed by atoms with Crippen molar-refractivity contribution in [3.05, 3.63) is 42.0 Å². The van der Waals surface area contributed by atoms with Crippen LogP contribution in [0.5, 0.6) is 5.75 Å². The van der Waals surface area contributed by atoms with Crippen LogP contribution in [0.2, 0.25) is 0 Å². The highest BCUT2D eigenvalue weighted by Gasteiger charge is 2.07. The molecule has 1 unspecified atom stereocenters. The summed E-state index contributed by atoms with van der Waals surface area (Å²) in [6, 6.07) is 7.91. The van der Waals surface area contributed by atoms with Crippen LogP contribution in [0.25, 0.3) is 0 Å². The van der Waals surface area contributed by atoms with E-state index >= 15 is 0 Å². The minimum atomic E-state index is -0.439. The highest BCUT2D eigenvalue weighted by atomic mass is 16.5. The summed E-state index contributed by atoms with van der Waals surface area (Å²) in [6.45, 7) is 8.10. The number of hydrogen-bond acceptors (Lipinski definition) is 3. The molecule has 0 radical (unpaired) electrons. The van der Waals surface area contributed by atoms with Crippen molar-refractivity contribution in [2.45, 2.75) is 26.2 Å². The SMILES string of the molecule is C=C(COc1ccc(C(C)CC)cc1)C(=O)OC.